The number of nitrogens with zero attached hydrogens (tertiary/aromatic N) is 2. The van der Waals surface area contributed by atoms with E-state index < -0.39 is 6.61 Å². The van der Waals surface area contributed by atoms with Crippen LogP contribution in [0.2, 0.25) is 0 Å². The van der Waals surface area contributed by atoms with E-state index in [4.69, 9.17) is 0 Å². The number of benzene rings is 1. The molecule has 0 amide bonds. The summed E-state index contributed by atoms with van der Waals surface area (Å²) in [5.74, 6) is 0.690. The maximum Gasteiger partial charge on any atom is 0.387 e. The zero-order valence-electron chi connectivity index (χ0n) is 12.4. The van der Waals surface area contributed by atoms with Crippen LogP contribution in [-0.4, -0.2) is 29.8 Å². The second-order valence-electron chi connectivity index (χ2n) is 4.35. The number of rotatable bonds is 6. The third-order valence-corrected chi connectivity index (χ3v) is 2.86. The van der Waals surface area contributed by atoms with E-state index in [1.807, 2.05) is 6.07 Å². The first-order valence-corrected chi connectivity index (χ1v) is 6.64. The molecule has 0 aliphatic heterocycles. The third kappa shape index (κ3) is 6.38. The highest BCUT2D eigenvalue weighted by Crippen LogP contribution is 2.19. The molecule has 9 heteroatoms. The molecule has 0 aliphatic rings. The van der Waals surface area contributed by atoms with Gasteiger partial charge in [-0.05, 0) is 12.1 Å². The highest BCUT2D eigenvalue weighted by molar-refractivity contribution is 14.0. The van der Waals surface area contributed by atoms with Crippen LogP contribution in [0, 0.1) is 0 Å². The summed E-state index contributed by atoms with van der Waals surface area (Å²) >= 11 is 0. The summed E-state index contributed by atoms with van der Waals surface area (Å²) in [6.45, 7) is -2.01. The van der Waals surface area contributed by atoms with Crippen molar-refractivity contribution in [3.63, 3.8) is 0 Å². The largest absolute Gasteiger partial charge is 0.434 e. The number of aromatic amines is 1. The van der Waals surface area contributed by atoms with E-state index in [0.29, 0.717) is 24.6 Å². The van der Waals surface area contributed by atoms with E-state index in [-0.39, 0.29) is 29.7 Å². The molecule has 0 spiro atoms. The van der Waals surface area contributed by atoms with Crippen molar-refractivity contribution in [2.75, 3.05) is 7.05 Å². The number of alkyl halides is 2. The molecule has 2 aromatic rings. The number of H-pyrrole nitrogens is 1. The summed E-state index contributed by atoms with van der Waals surface area (Å²) in [6.07, 6.45) is 1.66. The minimum absolute atomic E-state index is 0. The lowest BCUT2D eigenvalue weighted by Crippen LogP contribution is -2.36. The molecule has 0 atom stereocenters. The fourth-order valence-electron chi connectivity index (χ4n) is 1.82. The lowest BCUT2D eigenvalue weighted by atomic mass is 10.2. The molecule has 0 saturated heterocycles. The van der Waals surface area contributed by atoms with Crippen LogP contribution in [0.1, 0.15) is 11.3 Å². The van der Waals surface area contributed by atoms with Gasteiger partial charge in [-0.15, -0.1) is 24.0 Å². The summed E-state index contributed by atoms with van der Waals surface area (Å²) in [6, 6.07) is 8.46. The molecule has 3 N–H and O–H groups in total. The van der Waals surface area contributed by atoms with E-state index in [0.717, 1.165) is 5.69 Å². The maximum absolute atomic E-state index is 12.4. The van der Waals surface area contributed by atoms with Gasteiger partial charge in [0.15, 0.2) is 5.96 Å². The number of ether oxygens (including phenoxy) is 1. The van der Waals surface area contributed by atoms with Gasteiger partial charge >= 0.3 is 6.61 Å². The summed E-state index contributed by atoms with van der Waals surface area (Å²) in [4.78, 5) is 4.06. The fraction of sp³-hybridized carbons (Fsp3) is 0.286. The molecule has 0 radical (unpaired) electrons. The van der Waals surface area contributed by atoms with E-state index >= 15 is 0 Å². The van der Waals surface area contributed by atoms with Crippen LogP contribution in [0.4, 0.5) is 8.78 Å². The van der Waals surface area contributed by atoms with Crippen LogP contribution in [0.5, 0.6) is 5.75 Å². The molecule has 6 nitrogen and oxygen atoms in total. The number of aromatic nitrogens is 2. The quantitative estimate of drug-likeness (QED) is 0.369. The molecule has 0 aliphatic carbocycles. The van der Waals surface area contributed by atoms with Crippen LogP contribution >= 0.6 is 24.0 Å². The molecule has 1 aromatic heterocycles. The van der Waals surface area contributed by atoms with Gasteiger partial charge in [-0.2, -0.15) is 13.9 Å². The highest BCUT2D eigenvalue weighted by Gasteiger charge is 2.09. The summed E-state index contributed by atoms with van der Waals surface area (Å²) in [5, 5.41) is 12.8. The SMILES string of the molecule is CN=C(NCc1ccn[nH]1)NCc1ccccc1OC(F)F.I. The lowest BCUT2D eigenvalue weighted by molar-refractivity contribution is -0.0504. The van der Waals surface area contributed by atoms with Gasteiger partial charge in [0.05, 0.1) is 12.2 Å². The number of halogens is 3. The normalized spacial score (nSPS) is 11.0. The van der Waals surface area contributed by atoms with Crippen LogP contribution in [0.25, 0.3) is 0 Å². The molecule has 0 saturated carbocycles. The van der Waals surface area contributed by atoms with Crippen LogP contribution < -0.4 is 15.4 Å². The van der Waals surface area contributed by atoms with Crippen molar-refractivity contribution >= 4 is 29.9 Å². The van der Waals surface area contributed by atoms with Crippen molar-refractivity contribution < 1.29 is 13.5 Å². The van der Waals surface area contributed by atoms with Gasteiger partial charge in [0.1, 0.15) is 5.75 Å². The van der Waals surface area contributed by atoms with Crippen LogP contribution in [0.3, 0.4) is 0 Å². The first-order chi connectivity index (χ1) is 10.7. The molecule has 126 valence electrons. The predicted molar refractivity (Wildman–Crippen MR) is 94.1 cm³/mol. The van der Waals surface area contributed by atoms with Gasteiger partial charge in [-0.3, -0.25) is 10.1 Å². The number of nitrogens with one attached hydrogen (secondary N) is 3. The molecule has 1 heterocycles. The molecule has 2 rings (SSSR count). The Hall–Kier alpha value is -1.91. The second kappa shape index (κ2) is 9.98. The zero-order valence-corrected chi connectivity index (χ0v) is 14.8. The van der Waals surface area contributed by atoms with Gasteiger partial charge in [-0.1, -0.05) is 18.2 Å². The Bertz CT molecular complexity index is 607. The first-order valence-electron chi connectivity index (χ1n) is 6.64. The van der Waals surface area contributed by atoms with Gasteiger partial charge in [-0.25, -0.2) is 0 Å². The highest BCUT2D eigenvalue weighted by atomic mass is 127. The number of guanidine groups is 1. The van der Waals surface area contributed by atoms with E-state index in [1.165, 1.54) is 6.07 Å². The molecule has 1 aromatic carbocycles. The van der Waals surface area contributed by atoms with Gasteiger partial charge in [0.2, 0.25) is 0 Å². The van der Waals surface area contributed by atoms with Crippen molar-refractivity contribution in [2.24, 2.45) is 4.99 Å². The molecular weight excluding hydrogens is 419 g/mol. The number of para-hydroxylation sites is 1. The number of hydrogen-bond donors (Lipinski definition) is 3. The molecule has 0 unspecified atom stereocenters. The molecular formula is C14H18F2IN5O. The Morgan fingerprint density at radius 2 is 2.00 bits per heavy atom. The van der Waals surface area contributed by atoms with E-state index in [2.05, 4.69) is 30.6 Å². The third-order valence-electron chi connectivity index (χ3n) is 2.86. The molecule has 0 fully saturated rings. The summed E-state index contributed by atoms with van der Waals surface area (Å²) in [7, 11) is 1.63. The average Bonchev–Trinajstić information content (AvgIpc) is 3.01. The Labute approximate surface area is 149 Å². The average molecular weight is 437 g/mol. The van der Waals surface area contributed by atoms with Crippen molar-refractivity contribution in [3.05, 3.63) is 47.8 Å². The van der Waals surface area contributed by atoms with E-state index in [1.54, 1.807) is 31.4 Å². The smallest absolute Gasteiger partial charge is 0.387 e. The van der Waals surface area contributed by atoms with E-state index in [9.17, 15) is 8.78 Å². The maximum atomic E-state index is 12.4. The first kappa shape index (κ1) is 19.1. The standard InChI is InChI=1S/C14H17F2N5O.HI/c1-17-14(19-9-11-6-7-20-21-11)18-8-10-4-2-3-5-12(10)22-13(15)16;/h2-7,13H,8-9H2,1H3,(H,20,21)(H2,17,18,19);1H. The van der Waals surface area contributed by atoms with Crippen molar-refractivity contribution in [3.8, 4) is 5.75 Å². The molecule has 0 bridgehead atoms. The summed E-state index contributed by atoms with van der Waals surface area (Å²) < 4.78 is 29.2. The minimum Gasteiger partial charge on any atom is -0.434 e. The number of aliphatic imine (C=N–C) groups is 1. The fourth-order valence-corrected chi connectivity index (χ4v) is 1.82. The van der Waals surface area contributed by atoms with Crippen molar-refractivity contribution in [1.29, 1.82) is 0 Å². The lowest BCUT2D eigenvalue weighted by Gasteiger charge is -2.14. The van der Waals surface area contributed by atoms with Crippen molar-refractivity contribution in [1.82, 2.24) is 20.8 Å². The van der Waals surface area contributed by atoms with Gasteiger partial charge in [0.25, 0.3) is 0 Å². The zero-order chi connectivity index (χ0) is 15.8. The Morgan fingerprint density at radius 1 is 1.26 bits per heavy atom. The summed E-state index contributed by atoms with van der Waals surface area (Å²) in [5.41, 5.74) is 1.52. The number of hydrogen-bond acceptors (Lipinski definition) is 3. The van der Waals surface area contributed by atoms with Crippen LogP contribution in [-0.2, 0) is 13.1 Å². The minimum atomic E-state index is -2.85. The monoisotopic (exact) mass is 437 g/mol. The van der Waals surface area contributed by atoms with Crippen LogP contribution in [0.15, 0.2) is 41.5 Å². The topological polar surface area (TPSA) is 74.3 Å². The van der Waals surface area contributed by atoms with Crippen molar-refractivity contribution in [2.45, 2.75) is 19.7 Å². The second-order valence-corrected chi connectivity index (χ2v) is 4.35. The molecule has 23 heavy (non-hydrogen) atoms. The van der Waals surface area contributed by atoms with Gasteiger partial charge in [0, 0.05) is 25.4 Å². The Morgan fingerprint density at radius 3 is 2.65 bits per heavy atom. The Balaban J connectivity index is 0.00000264. The van der Waals surface area contributed by atoms with Gasteiger partial charge < -0.3 is 15.4 Å². The Kier molecular flexibility index (Phi) is 8.30. The predicted octanol–water partition coefficient (Wildman–Crippen LogP) is 2.49.